The fourth-order valence-corrected chi connectivity index (χ4v) is 6.87. The molecule has 2 atom stereocenters. The molecule has 0 unspecified atom stereocenters. The summed E-state index contributed by atoms with van der Waals surface area (Å²) in [6, 6.07) is 14.2. The topological polar surface area (TPSA) is 85.7 Å². The van der Waals surface area contributed by atoms with Gasteiger partial charge in [-0.15, -0.1) is 11.8 Å². The first-order valence-electron chi connectivity index (χ1n) is 14.2. The molecule has 3 aromatic rings. The number of hydrogen-bond acceptors (Lipinski definition) is 6. The number of benzene rings is 2. The van der Waals surface area contributed by atoms with Crippen LogP contribution in [0.5, 0.6) is 5.75 Å². The molecule has 1 aromatic heterocycles. The van der Waals surface area contributed by atoms with E-state index in [0.717, 1.165) is 58.8 Å². The van der Waals surface area contributed by atoms with Gasteiger partial charge in [-0.25, -0.2) is 4.68 Å². The molecule has 0 saturated carbocycles. The van der Waals surface area contributed by atoms with Crippen LogP contribution in [0, 0.1) is 13.8 Å². The second kappa shape index (κ2) is 11.9. The van der Waals surface area contributed by atoms with Gasteiger partial charge >= 0.3 is 0 Å². The van der Waals surface area contributed by atoms with E-state index < -0.39 is 0 Å². The largest absolute Gasteiger partial charge is 0.496 e. The Morgan fingerprint density at radius 3 is 2.66 bits per heavy atom. The predicted molar refractivity (Wildman–Crippen MR) is 163 cm³/mol. The quantitative estimate of drug-likeness (QED) is 0.413. The average molecular weight is 577 g/mol. The maximum Gasteiger partial charge on any atom is 0.240 e. The van der Waals surface area contributed by atoms with Crippen molar-refractivity contribution in [1.29, 1.82) is 0 Å². The summed E-state index contributed by atoms with van der Waals surface area (Å²) in [6.45, 7) is 11.6. The minimum absolute atomic E-state index is 0.0213. The number of para-hydroxylation sites is 1. The second-order valence-electron chi connectivity index (χ2n) is 11.9. The summed E-state index contributed by atoms with van der Waals surface area (Å²) in [5.41, 5.74) is 5.52. The van der Waals surface area contributed by atoms with E-state index in [-0.39, 0.29) is 40.9 Å². The van der Waals surface area contributed by atoms with Gasteiger partial charge in [-0.05, 0) is 44.4 Å². The number of ether oxygens (including phenoxy) is 2. The number of nitrogens with one attached hydrogen (secondary N) is 1. The summed E-state index contributed by atoms with van der Waals surface area (Å²) in [5, 5.41) is 8.00. The molecule has 1 N–H and O–H groups in total. The molecule has 8 nitrogen and oxygen atoms in total. The number of fused-ring (bicyclic) bond motifs is 1. The van der Waals surface area contributed by atoms with Gasteiger partial charge in [-0.2, -0.15) is 5.10 Å². The van der Waals surface area contributed by atoms with E-state index >= 15 is 0 Å². The van der Waals surface area contributed by atoms with Gasteiger partial charge in [0.25, 0.3) is 0 Å². The van der Waals surface area contributed by atoms with Crippen molar-refractivity contribution in [1.82, 2.24) is 15.1 Å². The zero-order chi connectivity index (χ0) is 29.3. The summed E-state index contributed by atoms with van der Waals surface area (Å²) in [4.78, 5) is 28.9. The maximum atomic E-state index is 13.9. The highest BCUT2D eigenvalue weighted by Gasteiger charge is 2.41. The minimum atomic E-state index is -0.337. The average Bonchev–Trinajstić information content (AvgIpc) is 3.57. The summed E-state index contributed by atoms with van der Waals surface area (Å²) in [7, 11) is 1.67. The van der Waals surface area contributed by atoms with Gasteiger partial charge in [-0.3, -0.25) is 14.5 Å². The van der Waals surface area contributed by atoms with Crippen LogP contribution in [0.15, 0.2) is 42.5 Å². The lowest BCUT2D eigenvalue weighted by atomic mass is 9.87. The Kier molecular flexibility index (Phi) is 8.47. The number of carbonyl (C=O) groups excluding carboxylic acids is 2. The predicted octanol–water partition coefficient (Wildman–Crippen LogP) is 5.26. The first-order chi connectivity index (χ1) is 19.6. The highest BCUT2D eigenvalue weighted by molar-refractivity contribution is 8.00. The lowest BCUT2D eigenvalue weighted by Crippen LogP contribution is -2.44. The third-order valence-corrected chi connectivity index (χ3v) is 8.89. The van der Waals surface area contributed by atoms with Crippen molar-refractivity contribution in [2.24, 2.45) is 0 Å². The third-order valence-electron chi connectivity index (χ3n) is 7.65. The molecule has 0 radical (unpaired) electrons. The molecule has 1 saturated heterocycles. The van der Waals surface area contributed by atoms with Crippen molar-refractivity contribution in [2.75, 3.05) is 37.5 Å². The van der Waals surface area contributed by atoms with Crippen LogP contribution < -0.4 is 15.0 Å². The minimum Gasteiger partial charge on any atom is -0.496 e. The van der Waals surface area contributed by atoms with Crippen LogP contribution in [0.1, 0.15) is 66.8 Å². The van der Waals surface area contributed by atoms with Crippen molar-refractivity contribution in [3.05, 3.63) is 70.4 Å². The zero-order valence-corrected chi connectivity index (χ0v) is 25.6. The Bertz CT molecular complexity index is 1440. The third kappa shape index (κ3) is 6.02. The molecule has 2 aliphatic rings. The Balaban J connectivity index is 1.69. The van der Waals surface area contributed by atoms with Crippen molar-refractivity contribution in [3.63, 3.8) is 0 Å². The number of aromatic nitrogens is 2. The van der Waals surface area contributed by atoms with Crippen molar-refractivity contribution >= 4 is 29.4 Å². The number of carbonyl (C=O) groups is 2. The smallest absolute Gasteiger partial charge is 0.240 e. The highest BCUT2D eigenvalue weighted by atomic mass is 32.2. The standard InChI is InChI=1S/C32H40N4O4S/c1-20-13-14-24(21(2)16-20)36-31-28(30(34-36)32(3,4)5)29(23-11-7-8-12-25(23)39-6)41-19-27(38)35(31)18-26(37)33-17-22-10-9-15-40-22/h7-8,11-14,16,22,29H,9-10,15,17-19H2,1-6H3,(H,33,37)/t22-,29-/m1/s1. The van der Waals surface area contributed by atoms with E-state index in [0.29, 0.717) is 12.4 Å². The first kappa shape index (κ1) is 29.2. The van der Waals surface area contributed by atoms with Gasteiger partial charge in [0.2, 0.25) is 11.8 Å². The summed E-state index contributed by atoms with van der Waals surface area (Å²) in [6.07, 6.45) is 1.95. The van der Waals surface area contributed by atoms with Gasteiger partial charge < -0.3 is 14.8 Å². The van der Waals surface area contributed by atoms with E-state index in [1.54, 1.807) is 23.8 Å². The van der Waals surface area contributed by atoms with Crippen LogP contribution in [0.25, 0.3) is 5.69 Å². The Morgan fingerprint density at radius 2 is 1.98 bits per heavy atom. The van der Waals surface area contributed by atoms with Gasteiger partial charge in [0, 0.05) is 29.7 Å². The van der Waals surface area contributed by atoms with Gasteiger partial charge in [0.05, 0.1) is 35.6 Å². The van der Waals surface area contributed by atoms with Crippen LogP contribution in [0.2, 0.25) is 0 Å². The van der Waals surface area contributed by atoms with Crippen molar-refractivity contribution in [2.45, 2.75) is 64.2 Å². The second-order valence-corrected chi connectivity index (χ2v) is 13.0. The van der Waals surface area contributed by atoms with E-state index in [2.05, 4.69) is 58.1 Å². The Morgan fingerprint density at radius 1 is 1.20 bits per heavy atom. The van der Waals surface area contributed by atoms with Crippen LogP contribution >= 0.6 is 11.8 Å². The number of anilines is 1. The lowest BCUT2D eigenvalue weighted by Gasteiger charge is -2.25. The molecule has 0 spiro atoms. The van der Waals surface area contributed by atoms with Gasteiger partial charge in [0.15, 0.2) is 0 Å². The summed E-state index contributed by atoms with van der Waals surface area (Å²) < 4.78 is 13.4. The maximum absolute atomic E-state index is 13.9. The number of hydrogen-bond donors (Lipinski definition) is 1. The molecule has 0 bridgehead atoms. The summed E-state index contributed by atoms with van der Waals surface area (Å²) >= 11 is 1.55. The molecular weight excluding hydrogens is 536 g/mol. The van der Waals surface area contributed by atoms with Crippen molar-refractivity contribution in [3.8, 4) is 11.4 Å². The van der Waals surface area contributed by atoms with Gasteiger partial charge in [0.1, 0.15) is 18.1 Å². The SMILES string of the molecule is COc1ccccc1[C@H]1SCC(=O)N(CC(=O)NC[C@H]2CCCO2)c2c1c(C(C)(C)C)nn2-c1ccc(C)cc1C. The number of rotatable bonds is 7. The van der Waals surface area contributed by atoms with Crippen LogP contribution in [-0.2, 0) is 19.7 Å². The van der Waals surface area contributed by atoms with E-state index in [4.69, 9.17) is 14.6 Å². The molecular formula is C32H40N4O4S. The van der Waals surface area contributed by atoms with E-state index in [9.17, 15) is 9.59 Å². The normalized spacial score (nSPS) is 19.2. The number of amides is 2. The summed E-state index contributed by atoms with van der Waals surface area (Å²) in [5.74, 6) is 1.26. The Hall–Kier alpha value is -3.30. The molecule has 218 valence electrons. The number of aryl methyl sites for hydroxylation is 2. The monoisotopic (exact) mass is 576 g/mol. The van der Waals surface area contributed by atoms with Crippen LogP contribution in [0.4, 0.5) is 5.82 Å². The molecule has 5 rings (SSSR count). The molecule has 2 amide bonds. The molecule has 0 aliphatic carbocycles. The fourth-order valence-electron chi connectivity index (χ4n) is 5.65. The zero-order valence-electron chi connectivity index (χ0n) is 24.8. The first-order valence-corrected chi connectivity index (χ1v) is 15.3. The molecule has 2 aromatic carbocycles. The number of methoxy groups -OCH3 is 1. The van der Waals surface area contributed by atoms with Gasteiger partial charge in [-0.1, -0.05) is 56.7 Å². The molecule has 3 heterocycles. The van der Waals surface area contributed by atoms with Crippen molar-refractivity contribution < 1.29 is 19.1 Å². The number of nitrogens with zero attached hydrogens (tertiary/aromatic N) is 3. The number of thioether (sulfide) groups is 1. The molecule has 1 fully saturated rings. The molecule has 41 heavy (non-hydrogen) atoms. The van der Waals surface area contributed by atoms with Crippen LogP contribution in [0.3, 0.4) is 0 Å². The van der Waals surface area contributed by atoms with Crippen LogP contribution in [-0.4, -0.2) is 60.3 Å². The van der Waals surface area contributed by atoms with E-state index in [1.807, 2.05) is 28.9 Å². The fraction of sp³-hybridized carbons (Fsp3) is 0.469. The highest BCUT2D eigenvalue weighted by Crippen LogP contribution is 2.50. The lowest BCUT2D eigenvalue weighted by molar-refractivity contribution is -0.123. The molecule has 9 heteroatoms. The Labute approximate surface area is 246 Å². The van der Waals surface area contributed by atoms with E-state index in [1.165, 1.54) is 0 Å². The molecule has 2 aliphatic heterocycles.